The SMILES string of the molecule is CCN(CC1CCOC1)C(=O)CCNC1CC1. The molecule has 0 spiro atoms. The Balaban J connectivity index is 1.65. The molecule has 1 aliphatic heterocycles. The molecule has 2 rings (SSSR count). The second-order valence-corrected chi connectivity index (χ2v) is 5.14. The van der Waals surface area contributed by atoms with Gasteiger partial charge in [0.25, 0.3) is 0 Å². The molecule has 0 aromatic carbocycles. The number of hydrogen-bond acceptors (Lipinski definition) is 3. The van der Waals surface area contributed by atoms with Gasteiger partial charge in [-0.1, -0.05) is 0 Å². The van der Waals surface area contributed by atoms with Crippen LogP contribution in [0.25, 0.3) is 0 Å². The highest BCUT2D eigenvalue weighted by atomic mass is 16.5. The monoisotopic (exact) mass is 240 g/mol. The molecule has 1 amide bonds. The fourth-order valence-electron chi connectivity index (χ4n) is 2.28. The van der Waals surface area contributed by atoms with Crippen molar-refractivity contribution < 1.29 is 9.53 Å². The summed E-state index contributed by atoms with van der Waals surface area (Å²) in [5.74, 6) is 0.836. The first-order valence-corrected chi connectivity index (χ1v) is 6.88. The van der Waals surface area contributed by atoms with Gasteiger partial charge in [-0.05, 0) is 26.2 Å². The largest absolute Gasteiger partial charge is 0.381 e. The van der Waals surface area contributed by atoms with Gasteiger partial charge in [0.15, 0.2) is 0 Å². The first-order chi connectivity index (χ1) is 8.29. The van der Waals surface area contributed by atoms with Crippen LogP contribution < -0.4 is 5.32 Å². The fourth-order valence-corrected chi connectivity index (χ4v) is 2.28. The number of amides is 1. The zero-order valence-corrected chi connectivity index (χ0v) is 10.8. The highest BCUT2D eigenvalue weighted by Crippen LogP contribution is 2.18. The summed E-state index contributed by atoms with van der Waals surface area (Å²) in [5, 5.41) is 3.39. The molecule has 0 aromatic rings. The molecule has 98 valence electrons. The molecule has 17 heavy (non-hydrogen) atoms. The minimum Gasteiger partial charge on any atom is -0.381 e. The van der Waals surface area contributed by atoms with E-state index in [1.54, 1.807) is 0 Å². The van der Waals surface area contributed by atoms with Gasteiger partial charge >= 0.3 is 0 Å². The predicted molar refractivity (Wildman–Crippen MR) is 66.8 cm³/mol. The van der Waals surface area contributed by atoms with Gasteiger partial charge < -0.3 is 15.0 Å². The number of hydrogen-bond donors (Lipinski definition) is 1. The molecule has 2 aliphatic rings. The minimum atomic E-state index is 0.285. The van der Waals surface area contributed by atoms with Crippen LogP contribution in [0.5, 0.6) is 0 Å². The minimum absolute atomic E-state index is 0.285. The summed E-state index contributed by atoms with van der Waals surface area (Å²) in [5.41, 5.74) is 0. The van der Waals surface area contributed by atoms with Gasteiger partial charge in [-0.3, -0.25) is 4.79 Å². The average molecular weight is 240 g/mol. The van der Waals surface area contributed by atoms with Crippen molar-refractivity contribution in [2.24, 2.45) is 5.92 Å². The molecular weight excluding hydrogens is 216 g/mol. The van der Waals surface area contributed by atoms with Crippen molar-refractivity contribution >= 4 is 5.91 Å². The van der Waals surface area contributed by atoms with Crippen molar-refractivity contribution in [3.63, 3.8) is 0 Å². The van der Waals surface area contributed by atoms with Crippen LogP contribution in [0.1, 0.15) is 32.6 Å². The first-order valence-electron chi connectivity index (χ1n) is 6.88. The third kappa shape index (κ3) is 4.28. The third-order valence-corrected chi connectivity index (χ3v) is 3.59. The lowest BCUT2D eigenvalue weighted by Crippen LogP contribution is -2.37. The van der Waals surface area contributed by atoms with E-state index in [2.05, 4.69) is 12.2 Å². The molecule has 1 saturated heterocycles. The normalized spacial score (nSPS) is 23.9. The molecule has 4 heteroatoms. The Kier molecular flexibility index (Phi) is 4.80. The van der Waals surface area contributed by atoms with E-state index in [1.165, 1.54) is 12.8 Å². The topological polar surface area (TPSA) is 41.6 Å². The second-order valence-electron chi connectivity index (χ2n) is 5.14. The molecule has 1 N–H and O–H groups in total. The number of nitrogens with one attached hydrogen (secondary N) is 1. The van der Waals surface area contributed by atoms with Crippen LogP contribution in [-0.4, -0.2) is 49.7 Å². The van der Waals surface area contributed by atoms with Gasteiger partial charge in [0, 0.05) is 44.6 Å². The number of carbonyl (C=O) groups is 1. The van der Waals surface area contributed by atoms with Crippen molar-refractivity contribution in [1.29, 1.82) is 0 Å². The second kappa shape index (κ2) is 6.36. The summed E-state index contributed by atoms with van der Waals surface area (Å²) >= 11 is 0. The van der Waals surface area contributed by atoms with Crippen LogP contribution in [0.2, 0.25) is 0 Å². The summed E-state index contributed by atoms with van der Waals surface area (Å²) in [6.45, 7) is 6.27. The lowest BCUT2D eigenvalue weighted by atomic mass is 10.1. The van der Waals surface area contributed by atoms with E-state index in [-0.39, 0.29) is 5.91 Å². The third-order valence-electron chi connectivity index (χ3n) is 3.59. The quantitative estimate of drug-likeness (QED) is 0.722. The lowest BCUT2D eigenvalue weighted by Gasteiger charge is -2.23. The molecule has 1 saturated carbocycles. The predicted octanol–water partition coefficient (Wildman–Crippen LogP) is 1.01. The summed E-state index contributed by atoms with van der Waals surface area (Å²) in [4.78, 5) is 14.0. The van der Waals surface area contributed by atoms with Crippen LogP contribution in [0, 0.1) is 5.92 Å². The van der Waals surface area contributed by atoms with E-state index >= 15 is 0 Å². The van der Waals surface area contributed by atoms with Crippen LogP contribution in [-0.2, 0) is 9.53 Å². The van der Waals surface area contributed by atoms with Crippen molar-refractivity contribution in [1.82, 2.24) is 10.2 Å². The van der Waals surface area contributed by atoms with Crippen LogP contribution in [0.3, 0.4) is 0 Å². The van der Waals surface area contributed by atoms with Crippen LogP contribution >= 0.6 is 0 Å². The van der Waals surface area contributed by atoms with Crippen LogP contribution in [0.4, 0.5) is 0 Å². The zero-order valence-electron chi connectivity index (χ0n) is 10.8. The maximum Gasteiger partial charge on any atom is 0.223 e. The van der Waals surface area contributed by atoms with Gasteiger partial charge in [-0.25, -0.2) is 0 Å². The Labute approximate surface area is 104 Å². The molecule has 2 fully saturated rings. The van der Waals surface area contributed by atoms with E-state index in [1.807, 2.05) is 4.90 Å². The summed E-state index contributed by atoms with van der Waals surface area (Å²) in [6.07, 6.45) is 4.30. The molecule has 1 heterocycles. The van der Waals surface area contributed by atoms with E-state index in [0.29, 0.717) is 18.4 Å². The smallest absolute Gasteiger partial charge is 0.223 e. The summed E-state index contributed by atoms with van der Waals surface area (Å²) < 4.78 is 5.35. The molecule has 1 unspecified atom stereocenters. The molecule has 4 nitrogen and oxygen atoms in total. The number of carbonyl (C=O) groups excluding carboxylic acids is 1. The fraction of sp³-hybridized carbons (Fsp3) is 0.923. The van der Waals surface area contributed by atoms with Gasteiger partial charge in [0.05, 0.1) is 6.61 Å². The molecular formula is C13H24N2O2. The first kappa shape index (κ1) is 12.8. The van der Waals surface area contributed by atoms with Crippen molar-refractivity contribution in [3.05, 3.63) is 0 Å². The Hall–Kier alpha value is -0.610. The highest BCUT2D eigenvalue weighted by Gasteiger charge is 2.23. The zero-order chi connectivity index (χ0) is 12.1. The Morgan fingerprint density at radius 3 is 2.82 bits per heavy atom. The Bertz CT molecular complexity index is 248. The Morgan fingerprint density at radius 2 is 2.24 bits per heavy atom. The van der Waals surface area contributed by atoms with Gasteiger partial charge in [-0.15, -0.1) is 0 Å². The molecule has 1 atom stereocenters. The standard InChI is InChI=1S/C13H24N2O2/c1-2-15(9-11-6-8-17-10-11)13(16)5-7-14-12-3-4-12/h11-12,14H,2-10H2,1H3. The summed E-state index contributed by atoms with van der Waals surface area (Å²) in [7, 11) is 0. The highest BCUT2D eigenvalue weighted by molar-refractivity contribution is 5.76. The van der Waals surface area contributed by atoms with Gasteiger partial charge in [0.2, 0.25) is 5.91 Å². The van der Waals surface area contributed by atoms with E-state index in [4.69, 9.17) is 4.74 Å². The molecule has 0 bridgehead atoms. The van der Waals surface area contributed by atoms with Crippen molar-refractivity contribution in [3.8, 4) is 0 Å². The van der Waals surface area contributed by atoms with Crippen LogP contribution in [0.15, 0.2) is 0 Å². The maximum absolute atomic E-state index is 12.0. The van der Waals surface area contributed by atoms with Gasteiger partial charge in [0.1, 0.15) is 0 Å². The molecule has 0 aromatic heterocycles. The molecule has 1 aliphatic carbocycles. The summed E-state index contributed by atoms with van der Waals surface area (Å²) in [6, 6.07) is 0.695. The maximum atomic E-state index is 12.0. The lowest BCUT2D eigenvalue weighted by molar-refractivity contribution is -0.131. The van der Waals surface area contributed by atoms with Crippen molar-refractivity contribution in [2.75, 3.05) is 32.8 Å². The molecule has 0 radical (unpaired) electrons. The van der Waals surface area contributed by atoms with E-state index < -0.39 is 0 Å². The number of ether oxygens (including phenoxy) is 1. The number of rotatable bonds is 7. The van der Waals surface area contributed by atoms with E-state index in [0.717, 1.165) is 39.3 Å². The Morgan fingerprint density at radius 1 is 1.41 bits per heavy atom. The van der Waals surface area contributed by atoms with E-state index in [9.17, 15) is 4.79 Å². The van der Waals surface area contributed by atoms with Crippen molar-refractivity contribution in [2.45, 2.75) is 38.6 Å². The number of nitrogens with zero attached hydrogens (tertiary/aromatic N) is 1. The average Bonchev–Trinajstić information content (AvgIpc) is 3.01. The van der Waals surface area contributed by atoms with Gasteiger partial charge in [-0.2, -0.15) is 0 Å².